The molecule has 2 amide bonds. The van der Waals surface area contributed by atoms with Crippen molar-refractivity contribution in [2.75, 3.05) is 26.4 Å². The van der Waals surface area contributed by atoms with Gasteiger partial charge in [0.1, 0.15) is 13.2 Å². The fourth-order valence-corrected chi connectivity index (χ4v) is 4.55. The van der Waals surface area contributed by atoms with Crippen LogP contribution in [0.4, 0.5) is 4.79 Å². The summed E-state index contributed by atoms with van der Waals surface area (Å²) in [6.07, 6.45) is 4.27. The zero-order chi connectivity index (χ0) is 23.9. The molecular weight excluding hydrogens is 436 g/mol. The number of amides is 2. The molecular formula is C26H28N2O6. The van der Waals surface area contributed by atoms with Crippen molar-refractivity contribution < 1.29 is 29.0 Å². The van der Waals surface area contributed by atoms with E-state index >= 15 is 0 Å². The molecule has 0 aromatic heterocycles. The number of fused-ring (bicyclic) bond motifs is 3. The van der Waals surface area contributed by atoms with E-state index in [0.29, 0.717) is 12.8 Å². The van der Waals surface area contributed by atoms with Crippen LogP contribution in [0.3, 0.4) is 0 Å². The van der Waals surface area contributed by atoms with E-state index in [4.69, 9.17) is 14.6 Å². The molecule has 3 N–H and O–H groups in total. The van der Waals surface area contributed by atoms with Gasteiger partial charge in [0.05, 0.1) is 12.6 Å². The van der Waals surface area contributed by atoms with Gasteiger partial charge in [-0.05, 0) is 35.1 Å². The second kappa shape index (κ2) is 11.0. The Balaban J connectivity index is 1.25. The minimum absolute atomic E-state index is 0.0121. The van der Waals surface area contributed by atoms with Gasteiger partial charge in [-0.15, -0.1) is 0 Å². The molecule has 8 nitrogen and oxygen atoms in total. The van der Waals surface area contributed by atoms with Gasteiger partial charge < -0.3 is 25.2 Å². The maximum absolute atomic E-state index is 12.5. The van der Waals surface area contributed by atoms with Gasteiger partial charge in [0.2, 0.25) is 5.91 Å². The SMILES string of the molecule is O=C(O)COCCNC(=O)C1CC=CC(NC(=O)OCC2c3ccccc3-c3ccccc32)C1. The van der Waals surface area contributed by atoms with Crippen LogP contribution in [0, 0.1) is 5.92 Å². The molecule has 0 saturated carbocycles. The number of carboxylic acids is 1. The van der Waals surface area contributed by atoms with Crippen molar-refractivity contribution in [3.63, 3.8) is 0 Å². The number of rotatable bonds is 9. The molecule has 2 aromatic carbocycles. The summed E-state index contributed by atoms with van der Waals surface area (Å²) in [5.74, 6) is -1.50. The van der Waals surface area contributed by atoms with Crippen LogP contribution in [0.5, 0.6) is 0 Å². The molecule has 0 fully saturated rings. The van der Waals surface area contributed by atoms with Crippen LogP contribution < -0.4 is 10.6 Å². The van der Waals surface area contributed by atoms with Crippen LogP contribution in [0.1, 0.15) is 29.9 Å². The maximum Gasteiger partial charge on any atom is 0.407 e. The average Bonchev–Trinajstić information content (AvgIpc) is 3.16. The van der Waals surface area contributed by atoms with Crippen molar-refractivity contribution in [3.8, 4) is 11.1 Å². The van der Waals surface area contributed by atoms with Gasteiger partial charge in [0.15, 0.2) is 0 Å². The van der Waals surface area contributed by atoms with Gasteiger partial charge in [-0.25, -0.2) is 9.59 Å². The first-order valence-electron chi connectivity index (χ1n) is 11.4. The van der Waals surface area contributed by atoms with Crippen molar-refractivity contribution in [3.05, 3.63) is 71.8 Å². The fraction of sp³-hybridized carbons (Fsp3) is 0.346. The summed E-state index contributed by atoms with van der Waals surface area (Å²) in [7, 11) is 0. The van der Waals surface area contributed by atoms with Gasteiger partial charge in [0, 0.05) is 18.4 Å². The molecule has 0 bridgehead atoms. The number of benzene rings is 2. The smallest absolute Gasteiger partial charge is 0.407 e. The molecule has 4 rings (SSSR count). The number of alkyl carbamates (subject to hydrolysis) is 1. The topological polar surface area (TPSA) is 114 Å². The lowest BCUT2D eigenvalue weighted by Crippen LogP contribution is -2.41. The van der Waals surface area contributed by atoms with Gasteiger partial charge >= 0.3 is 12.1 Å². The normalized spacial score (nSPS) is 18.6. The minimum Gasteiger partial charge on any atom is -0.480 e. The summed E-state index contributed by atoms with van der Waals surface area (Å²) in [5.41, 5.74) is 4.64. The molecule has 34 heavy (non-hydrogen) atoms. The monoisotopic (exact) mass is 464 g/mol. The maximum atomic E-state index is 12.5. The first kappa shape index (κ1) is 23.5. The van der Waals surface area contributed by atoms with E-state index in [1.54, 1.807) is 0 Å². The zero-order valence-electron chi connectivity index (χ0n) is 18.7. The summed E-state index contributed by atoms with van der Waals surface area (Å²) in [5, 5.41) is 14.1. The molecule has 2 aliphatic rings. The Labute approximate surface area is 198 Å². The van der Waals surface area contributed by atoms with E-state index in [9.17, 15) is 14.4 Å². The van der Waals surface area contributed by atoms with Crippen LogP contribution in [-0.4, -0.2) is 55.5 Å². The van der Waals surface area contributed by atoms with E-state index in [1.807, 2.05) is 36.4 Å². The Morgan fingerprint density at radius 1 is 1.00 bits per heavy atom. The molecule has 178 valence electrons. The number of hydrogen-bond acceptors (Lipinski definition) is 5. The first-order chi connectivity index (χ1) is 16.5. The lowest BCUT2D eigenvalue weighted by atomic mass is 9.90. The standard InChI is InChI=1S/C26H28N2O6/c29-24(30)16-33-13-12-27-25(31)17-6-5-7-18(14-17)28-26(32)34-15-23-21-10-3-1-8-19(21)20-9-2-4-11-22(20)23/h1-5,7-11,17-18,23H,6,12-16H2,(H,27,31)(H,28,32)(H,29,30). The molecule has 0 aliphatic heterocycles. The predicted molar refractivity (Wildman–Crippen MR) is 125 cm³/mol. The Kier molecular flexibility index (Phi) is 7.59. The molecule has 0 heterocycles. The van der Waals surface area contributed by atoms with Gasteiger partial charge in [-0.3, -0.25) is 4.79 Å². The molecule has 0 saturated heterocycles. The highest BCUT2D eigenvalue weighted by Gasteiger charge is 2.30. The minimum atomic E-state index is -1.05. The first-order valence-corrected chi connectivity index (χ1v) is 11.4. The van der Waals surface area contributed by atoms with Crippen LogP contribution in [0.2, 0.25) is 0 Å². The number of carbonyl (C=O) groups excluding carboxylic acids is 2. The second-order valence-corrected chi connectivity index (χ2v) is 8.41. The third-order valence-corrected chi connectivity index (χ3v) is 6.12. The summed E-state index contributed by atoms with van der Waals surface area (Å²) >= 11 is 0. The van der Waals surface area contributed by atoms with Crippen molar-refractivity contribution in [2.24, 2.45) is 5.92 Å². The Bertz CT molecular complexity index is 1040. The quantitative estimate of drug-likeness (QED) is 0.388. The van der Waals surface area contributed by atoms with Crippen LogP contribution in [-0.2, 0) is 19.1 Å². The van der Waals surface area contributed by atoms with Gasteiger partial charge in [-0.1, -0.05) is 60.7 Å². The molecule has 2 aromatic rings. The summed E-state index contributed by atoms with van der Waals surface area (Å²) in [6.45, 7) is 0.198. The van der Waals surface area contributed by atoms with Gasteiger partial charge in [0.25, 0.3) is 0 Å². The number of aliphatic carboxylic acids is 1. The molecule has 0 radical (unpaired) electrons. The van der Waals surface area contributed by atoms with E-state index in [-0.39, 0.29) is 43.5 Å². The van der Waals surface area contributed by atoms with Gasteiger partial charge in [-0.2, -0.15) is 0 Å². The van der Waals surface area contributed by atoms with E-state index in [1.165, 1.54) is 11.1 Å². The van der Waals surface area contributed by atoms with Crippen LogP contribution in [0.25, 0.3) is 11.1 Å². The molecule has 0 spiro atoms. The third kappa shape index (κ3) is 5.63. The number of carboxylic acid groups (broad SMARTS) is 1. The Hall–Kier alpha value is -3.65. The predicted octanol–water partition coefficient (Wildman–Crippen LogP) is 3.08. The molecule has 2 atom stereocenters. The van der Waals surface area contributed by atoms with Crippen LogP contribution in [0.15, 0.2) is 60.7 Å². The van der Waals surface area contributed by atoms with E-state index < -0.39 is 18.7 Å². The van der Waals surface area contributed by atoms with Crippen molar-refractivity contribution in [1.29, 1.82) is 0 Å². The third-order valence-electron chi connectivity index (χ3n) is 6.12. The summed E-state index contributed by atoms with van der Waals surface area (Å²) in [6, 6.07) is 16.0. The lowest BCUT2D eigenvalue weighted by molar-refractivity contribution is -0.142. The van der Waals surface area contributed by atoms with Crippen molar-refractivity contribution in [2.45, 2.75) is 24.8 Å². The molecule has 2 unspecified atom stereocenters. The number of ether oxygens (including phenoxy) is 2. The molecule has 2 aliphatic carbocycles. The zero-order valence-corrected chi connectivity index (χ0v) is 18.7. The summed E-state index contributed by atoms with van der Waals surface area (Å²) < 4.78 is 10.5. The van der Waals surface area contributed by atoms with Crippen molar-refractivity contribution in [1.82, 2.24) is 10.6 Å². The number of hydrogen-bond donors (Lipinski definition) is 3. The Morgan fingerprint density at radius 3 is 2.35 bits per heavy atom. The van der Waals surface area contributed by atoms with E-state index in [2.05, 4.69) is 34.9 Å². The lowest BCUT2D eigenvalue weighted by Gasteiger charge is -2.25. The summed E-state index contributed by atoms with van der Waals surface area (Å²) in [4.78, 5) is 35.4. The highest BCUT2D eigenvalue weighted by atomic mass is 16.5. The average molecular weight is 465 g/mol. The fourth-order valence-electron chi connectivity index (χ4n) is 4.55. The van der Waals surface area contributed by atoms with Crippen molar-refractivity contribution >= 4 is 18.0 Å². The molecule has 8 heteroatoms. The second-order valence-electron chi connectivity index (χ2n) is 8.41. The number of carbonyl (C=O) groups is 3. The number of allylic oxidation sites excluding steroid dienone is 1. The Morgan fingerprint density at radius 2 is 1.68 bits per heavy atom. The highest BCUT2D eigenvalue weighted by Crippen LogP contribution is 2.44. The van der Waals surface area contributed by atoms with Crippen LogP contribution >= 0.6 is 0 Å². The van der Waals surface area contributed by atoms with E-state index in [0.717, 1.165) is 11.1 Å². The largest absolute Gasteiger partial charge is 0.480 e. The highest BCUT2D eigenvalue weighted by molar-refractivity contribution is 5.80. The number of nitrogens with one attached hydrogen (secondary N) is 2.